The number of ether oxygens (including phenoxy) is 1. The van der Waals surface area contributed by atoms with Gasteiger partial charge in [-0.05, 0) is 76.1 Å². The predicted molar refractivity (Wildman–Crippen MR) is 125 cm³/mol. The number of benzene rings is 1. The number of rotatable bonds is 10. The minimum Gasteiger partial charge on any atom is -0.381 e. The number of hydrogen-bond acceptors (Lipinski definition) is 4. The molecule has 1 aromatic rings. The minimum absolute atomic E-state index is 0.751. The van der Waals surface area contributed by atoms with E-state index in [1.807, 2.05) is 0 Å². The summed E-state index contributed by atoms with van der Waals surface area (Å²) >= 11 is 0. The Hall–Kier alpha value is -0.940. The topological polar surface area (TPSA) is 19.0 Å². The number of likely N-dealkylation sites (tertiary alicyclic amines) is 1. The Balaban J connectivity index is 1.06. The number of aryl methyl sites for hydroxylation is 1. The molecule has 0 aromatic heterocycles. The molecule has 1 unspecified atom stereocenters. The highest BCUT2D eigenvalue weighted by Gasteiger charge is 2.32. The molecule has 0 radical (unpaired) electrons. The molecule has 30 heavy (non-hydrogen) atoms. The Morgan fingerprint density at radius 2 is 1.63 bits per heavy atom. The van der Waals surface area contributed by atoms with Crippen LogP contribution in [0.15, 0.2) is 30.3 Å². The Morgan fingerprint density at radius 3 is 2.50 bits per heavy atom. The monoisotopic (exact) mass is 413 g/mol. The molecular weight excluding hydrogens is 370 g/mol. The van der Waals surface area contributed by atoms with Crippen LogP contribution in [0.5, 0.6) is 0 Å². The van der Waals surface area contributed by atoms with Crippen molar-refractivity contribution >= 4 is 0 Å². The number of nitrogens with zero attached hydrogens (tertiary/aromatic N) is 3. The lowest BCUT2D eigenvalue weighted by Gasteiger charge is -2.46. The summed E-state index contributed by atoms with van der Waals surface area (Å²) in [7, 11) is 0. The van der Waals surface area contributed by atoms with Crippen LogP contribution in [0.4, 0.5) is 0 Å². The van der Waals surface area contributed by atoms with Gasteiger partial charge in [-0.2, -0.15) is 0 Å². The smallest absolute Gasteiger partial charge is 0.0506 e. The maximum Gasteiger partial charge on any atom is 0.0506 e. The van der Waals surface area contributed by atoms with Crippen molar-refractivity contribution in [2.75, 3.05) is 65.6 Å². The summed E-state index contributed by atoms with van der Waals surface area (Å²) in [6, 6.07) is 11.7. The predicted octanol–water partition coefficient (Wildman–Crippen LogP) is 3.91. The van der Waals surface area contributed by atoms with Crippen LogP contribution in [-0.2, 0) is 11.2 Å². The van der Waals surface area contributed by atoms with E-state index in [0.717, 1.165) is 25.2 Å². The molecule has 0 amide bonds. The highest BCUT2D eigenvalue weighted by molar-refractivity contribution is 5.14. The van der Waals surface area contributed by atoms with E-state index in [2.05, 4.69) is 45.0 Å². The van der Waals surface area contributed by atoms with E-state index in [4.69, 9.17) is 4.74 Å². The van der Waals surface area contributed by atoms with Gasteiger partial charge in [0, 0.05) is 45.4 Å². The Labute approximate surface area is 184 Å². The van der Waals surface area contributed by atoms with Gasteiger partial charge in [0.25, 0.3) is 0 Å². The summed E-state index contributed by atoms with van der Waals surface area (Å²) in [6.45, 7) is 12.1. The molecule has 4 nitrogen and oxygen atoms in total. The molecule has 3 heterocycles. The zero-order chi connectivity index (χ0) is 20.4. The SMILES string of the molecule is c1ccc(CCCN2CCN3CC(COCCCN4CCCCC4)CC[C@H]3C2)cc1. The second-order valence-corrected chi connectivity index (χ2v) is 9.81. The van der Waals surface area contributed by atoms with Crippen molar-refractivity contribution in [1.82, 2.24) is 14.7 Å². The zero-order valence-corrected chi connectivity index (χ0v) is 19.0. The van der Waals surface area contributed by atoms with Crippen molar-refractivity contribution in [3.63, 3.8) is 0 Å². The maximum atomic E-state index is 6.10. The van der Waals surface area contributed by atoms with Gasteiger partial charge in [0.2, 0.25) is 0 Å². The van der Waals surface area contributed by atoms with E-state index in [0.29, 0.717) is 0 Å². The lowest BCUT2D eigenvalue weighted by Crippen LogP contribution is -2.56. The van der Waals surface area contributed by atoms with Gasteiger partial charge in [0.05, 0.1) is 6.61 Å². The molecule has 4 rings (SSSR count). The average molecular weight is 414 g/mol. The first-order valence-electron chi connectivity index (χ1n) is 12.7. The van der Waals surface area contributed by atoms with Gasteiger partial charge in [-0.1, -0.05) is 36.8 Å². The third-order valence-electron chi connectivity index (χ3n) is 7.44. The number of piperazine rings is 1. The number of hydrogen-bond donors (Lipinski definition) is 0. The molecule has 3 aliphatic rings. The second kappa shape index (κ2) is 12.2. The van der Waals surface area contributed by atoms with E-state index in [9.17, 15) is 0 Å². The molecule has 0 bridgehead atoms. The molecular formula is C26H43N3O. The van der Waals surface area contributed by atoms with Crippen LogP contribution in [-0.4, -0.2) is 86.3 Å². The third-order valence-corrected chi connectivity index (χ3v) is 7.44. The van der Waals surface area contributed by atoms with Gasteiger partial charge in [-0.25, -0.2) is 0 Å². The van der Waals surface area contributed by atoms with Crippen LogP contribution in [0.2, 0.25) is 0 Å². The molecule has 3 aliphatic heterocycles. The van der Waals surface area contributed by atoms with Gasteiger partial charge in [0.15, 0.2) is 0 Å². The van der Waals surface area contributed by atoms with Crippen LogP contribution in [0.1, 0.15) is 50.5 Å². The fourth-order valence-electron chi connectivity index (χ4n) is 5.64. The van der Waals surface area contributed by atoms with Gasteiger partial charge in [-0.15, -0.1) is 0 Å². The van der Waals surface area contributed by atoms with Gasteiger partial charge < -0.3 is 14.5 Å². The fourth-order valence-corrected chi connectivity index (χ4v) is 5.64. The van der Waals surface area contributed by atoms with Gasteiger partial charge >= 0.3 is 0 Å². The van der Waals surface area contributed by atoms with E-state index < -0.39 is 0 Å². The Kier molecular flexibility index (Phi) is 9.04. The molecule has 3 saturated heterocycles. The molecule has 2 atom stereocenters. The van der Waals surface area contributed by atoms with Crippen LogP contribution < -0.4 is 0 Å². The first kappa shape index (κ1) is 22.3. The van der Waals surface area contributed by atoms with Crippen molar-refractivity contribution in [2.45, 2.75) is 57.4 Å². The summed E-state index contributed by atoms with van der Waals surface area (Å²) in [5.74, 6) is 0.751. The molecule has 4 heteroatoms. The summed E-state index contributed by atoms with van der Waals surface area (Å²) in [4.78, 5) is 8.10. The van der Waals surface area contributed by atoms with E-state index in [1.165, 1.54) is 109 Å². The summed E-state index contributed by atoms with van der Waals surface area (Å²) in [5, 5.41) is 0. The first-order chi connectivity index (χ1) is 14.9. The average Bonchev–Trinajstić information content (AvgIpc) is 2.80. The van der Waals surface area contributed by atoms with Gasteiger partial charge in [-0.3, -0.25) is 4.90 Å². The zero-order valence-electron chi connectivity index (χ0n) is 19.0. The first-order valence-corrected chi connectivity index (χ1v) is 12.7. The second-order valence-electron chi connectivity index (χ2n) is 9.81. The third kappa shape index (κ3) is 7.05. The van der Waals surface area contributed by atoms with Crippen molar-refractivity contribution in [2.24, 2.45) is 5.92 Å². The highest BCUT2D eigenvalue weighted by Crippen LogP contribution is 2.25. The quantitative estimate of drug-likeness (QED) is 0.541. The number of piperidine rings is 2. The van der Waals surface area contributed by atoms with Crippen LogP contribution in [0.25, 0.3) is 0 Å². The highest BCUT2D eigenvalue weighted by atomic mass is 16.5. The molecule has 0 aliphatic carbocycles. The van der Waals surface area contributed by atoms with Gasteiger partial charge in [0.1, 0.15) is 0 Å². The fraction of sp³-hybridized carbons (Fsp3) is 0.769. The Bertz CT molecular complexity index is 589. The van der Waals surface area contributed by atoms with E-state index >= 15 is 0 Å². The normalized spacial score (nSPS) is 26.5. The lowest BCUT2D eigenvalue weighted by molar-refractivity contribution is -0.00140. The van der Waals surface area contributed by atoms with E-state index in [-0.39, 0.29) is 0 Å². The van der Waals surface area contributed by atoms with Crippen molar-refractivity contribution < 1.29 is 4.74 Å². The van der Waals surface area contributed by atoms with Crippen LogP contribution in [0.3, 0.4) is 0 Å². The van der Waals surface area contributed by atoms with E-state index in [1.54, 1.807) is 0 Å². The van der Waals surface area contributed by atoms with Crippen molar-refractivity contribution in [1.29, 1.82) is 0 Å². The van der Waals surface area contributed by atoms with Crippen LogP contribution >= 0.6 is 0 Å². The molecule has 168 valence electrons. The molecule has 3 fully saturated rings. The summed E-state index contributed by atoms with van der Waals surface area (Å²) in [5.41, 5.74) is 1.48. The van der Waals surface area contributed by atoms with Crippen molar-refractivity contribution in [3.8, 4) is 0 Å². The number of fused-ring (bicyclic) bond motifs is 1. The molecule has 0 saturated carbocycles. The maximum absolute atomic E-state index is 6.10. The summed E-state index contributed by atoms with van der Waals surface area (Å²) < 4.78 is 6.10. The van der Waals surface area contributed by atoms with Crippen molar-refractivity contribution in [3.05, 3.63) is 35.9 Å². The molecule has 0 spiro atoms. The largest absolute Gasteiger partial charge is 0.381 e. The minimum atomic E-state index is 0.751. The molecule has 1 aromatic carbocycles. The lowest BCUT2D eigenvalue weighted by atomic mass is 9.91. The molecule has 0 N–H and O–H groups in total. The summed E-state index contributed by atoms with van der Waals surface area (Å²) in [6.07, 6.45) is 10.6. The van der Waals surface area contributed by atoms with Crippen LogP contribution in [0, 0.1) is 5.92 Å². The Morgan fingerprint density at radius 1 is 0.800 bits per heavy atom. The standard InChI is InChI=1S/C26H43N3O/c1-3-9-24(10-4-1)11-7-16-28-18-19-29-21-25(12-13-26(29)22-28)23-30-20-8-17-27-14-5-2-6-15-27/h1,3-4,9-10,25-26H,2,5-8,11-23H2/t25?,26-/m0/s1.